The molecule has 3 aromatic rings. The largest absolute Gasteiger partial charge is 0.479 e. The van der Waals surface area contributed by atoms with Gasteiger partial charge in [0.05, 0.1) is 18.2 Å². The molecule has 0 bridgehead atoms. The molecule has 1 atom stereocenters. The number of anilines is 1. The molecule has 1 fully saturated rings. The summed E-state index contributed by atoms with van der Waals surface area (Å²) < 4.78 is 16.8. The Kier molecular flexibility index (Phi) is 6.36. The Hall–Kier alpha value is -2.74. The zero-order chi connectivity index (χ0) is 22.0. The number of nitrogens with zero attached hydrogens (tertiary/aromatic N) is 1. The van der Waals surface area contributed by atoms with Crippen molar-refractivity contribution in [3.63, 3.8) is 0 Å². The van der Waals surface area contributed by atoms with E-state index < -0.39 is 12.0 Å². The van der Waals surface area contributed by atoms with E-state index in [1.54, 1.807) is 42.2 Å². The summed E-state index contributed by atoms with van der Waals surface area (Å²) in [6, 6.07) is 11.9. The maximum atomic E-state index is 13.1. The summed E-state index contributed by atoms with van der Waals surface area (Å²) in [5.74, 6) is -0.346. The van der Waals surface area contributed by atoms with Crippen molar-refractivity contribution in [2.45, 2.75) is 13.0 Å². The highest BCUT2D eigenvalue weighted by molar-refractivity contribution is 6.35. The first-order valence-electron chi connectivity index (χ1n) is 9.75. The van der Waals surface area contributed by atoms with Crippen molar-refractivity contribution in [3.05, 3.63) is 58.3 Å². The van der Waals surface area contributed by atoms with Crippen LogP contribution in [0.15, 0.2) is 46.9 Å². The van der Waals surface area contributed by atoms with Gasteiger partial charge in [-0.15, -0.1) is 0 Å². The average Bonchev–Trinajstić information content (AvgIpc) is 3.14. The lowest BCUT2D eigenvalue weighted by molar-refractivity contribution is -0.122. The molecule has 0 radical (unpaired) electrons. The van der Waals surface area contributed by atoms with Crippen LogP contribution in [0.4, 0.5) is 5.69 Å². The van der Waals surface area contributed by atoms with Crippen LogP contribution in [-0.2, 0) is 9.53 Å². The highest BCUT2D eigenvalue weighted by atomic mass is 35.5. The first-order chi connectivity index (χ1) is 14.9. The van der Waals surface area contributed by atoms with Gasteiger partial charge in [0.1, 0.15) is 17.0 Å². The lowest BCUT2D eigenvalue weighted by Gasteiger charge is -2.26. The molecule has 1 aliphatic rings. The molecule has 1 saturated heterocycles. The molecule has 31 heavy (non-hydrogen) atoms. The van der Waals surface area contributed by atoms with E-state index in [2.05, 4.69) is 5.32 Å². The third-order valence-electron chi connectivity index (χ3n) is 4.90. The van der Waals surface area contributed by atoms with Crippen molar-refractivity contribution in [3.8, 4) is 5.75 Å². The highest BCUT2D eigenvalue weighted by Crippen LogP contribution is 2.33. The lowest BCUT2D eigenvalue weighted by Crippen LogP contribution is -2.41. The molecule has 162 valence electrons. The van der Waals surface area contributed by atoms with Gasteiger partial charge in [-0.1, -0.05) is 35.3 Å². The van der Waals surface area contributed by atoms with Crippen molar-refractivity contribution in [1.29, 1.82) is 0 Å². The second-order valence-corrected chi connectivity index (χ2v) is 7.87. The summed E-state index contributed by atoms with van der Waals surface area (Å²) in [4.78, 5) is 27.6. The quantitative estimate of drug-likeness (QED) is 0.598. The second kappa shape index (κ2) is 9.18. The number of halogens is 2. The normalized spacial score (nSPS) is 15.0. The molecule has 1 N–H and O–H groups in total. The number of para-hydroxylation sites is 1. The molecule has 9 heteroatoms. The van der Waals surface area contributed by atoms with Gasteiger partial charge in [-0.2, -0.15) is 0 Å². The second-order valence-electron chi connectivity index (χ2n) is 7.03. The summed E-state index contributed by atoms with van der Waals surface area (Å²) >= 11 is 12.0. The Balaban J connectivity index is 1.59. The van der Waals surface area contributed by atoms with Crippen LogP contribution in [0.1, 0.15) is 17.5 Å². The third kappa shape index (κ3) is 4.63. The van der Waals surface area contributed by atoms with E-state index in [9.17, 15) is 9.59 Å². The van der Waals surface area contributed by atoms with E-state index in [4.69, 9.17) is 37.1 Å². The van der Waals surface area contributed by atoms with E-state index >= 15 is 0 Å². The molecule has 0 saturated carbocycles. The van der Waals surface area contributed by atoms with Crippen LogP contribution in [0.5, 0.6) is 5.75 Å². The van der Waals surface area contributed by atoms with Gasteiger partial charge < -0.3 is 24.1 Å². The number of hydrogen-bond acceptors (Lipinski definition) is 5. The van der Waals surface area contributed by atoms with Crippen LogP contribution in [-0.4, -0.2) is 49.1 Å². The fraction of sp³-hybridized carbons (Fsp3) is 0.273. The van der Waals surface area contributed by atoms with Gasteiger partial charge in [-0.3, -0.25) is 9.59 Å². The molecule has 1 aromatic heterocycles. The molecular weight excluding hydrogens is 443 g/mol. The van der Waals surface area contributed by atoms with Crippen molar-refractivity contribution in [1.82, 2.24) is 4.90 Å². The lowest BCUT2D eigenvalue weighted by atomic mass is 10.2. The number of rotatable bonds is 5. The average molecular weight is 463 g/mol. The number of carbonyl (C=O) groups excluding carboxylic acids is 2. The first kappa shape index (κ1) is 21.5. The van der Waals surface area contributed by atoms with Gasteiger partial charge in [0.2, 0.25) is 5.76 Å². The molecule has 0 spiro atoms. The van der Waals surface area contributed by atoms with Crippen molar-refractivity contribution < 1.29 is 23.5 Å². The van der Waals surface area contributed by atoms with Crippen molar-refractivity contribution in [2.24, 2.45) is 0 Å². The highest BCUT2D eigenvalue weighted by Gasteiger charge is 2.28. The number of amides is 2. The van der Waals surface area contributed by atoms with Crippen LogP contribution in [0, 0.1) is 0 Å². The zero-order valence-electron chi connectivity index (χ0n) is 16.7. The van der Waals surface area contributed by atoms with Gasteiger partial charge in [0, 0.05) is 23.5 Å². The van der Waals surface area contributed by atoms with Gasteiger partial charge in [0.15, 0.2) is 6.10 Å². The number of fused-ring (bicyclic) bond motifs is 1. The molecular formula is C22H20Cl2N2O5. The summed E-state index contributed by atoms with van der Waals surface area (Å²) in [5.41, 5.74) is 0.818. The van der Waals surface area contributed by atoms with Crippen molar-refractivity contribution in [2.75, 3.05) is 31.6 Å². The Labute approximate surface area is 188 Å². The van der Waals surface area contributed by atoms with Gasteiger partial charge >= 0.3 is 0 Å². The number of benzene rings is 2. The van der Waals surface area contributed by atoms with E-state index in [1.165, 1.54) is 6.07 Å². The topological polar surface area (TPSA) is 81.0 Å². The van der Waals surface area contributed by atoms with Crippen molar-refractivity contribution >= 4 is 51.7 Å². The van der Waals surface area contributed by atoms with Crippen LogP contribution in [0.25, 0.3) is 11.0 Å². The summed E-state index contributed by atoms with van der Waals surface area (Å²) in [6.07, 6.45) is -0.890. The standard InChI is InChI=1S/C22H20Cl2N2O5/c1-13(30-18-7-6-14(23)12-16(18)24)21(27)25-19-15-4-2-3-5-17(15)31-20(19)22(28)26-8-10-29-11-9-26/h2-7,12-13H,8-11H2,1H3,(H,25,27)/t13-/m1/s1. The number of ether oxygens (including phenoxy) is 2. The summed E-state index contributed by atoms with van der Waals surface area (Å²) in [5, 5.41) is 4.19. The zero-order valence-corrected chi connectivity index (χ0v) is 18.2. The number of hydrogen-bond donors (Lipinski definition) is 1. The predicted molar refractivity (Wildman–Crippen MR) is 118 cm³/mol. The maximum Gasteiger partial charge on any atom is 0.291 e. The Morgan fingerprint density at radius 3 is 2.61 bits per heavy atom. The van der Waals surface area contributed by atoms with Crippen LogP contribution in [0.2, 0.25) is 10.0 Å². The first-order valence-corrected chi connectivity index (χ1v) is 10.5. The molecule has 2 heterocycles. The fourth-order valence-corrected chi connectivity index (χ4v) is 3.72. The Morgan fingerprint density at radius 2 is 1.87 bits per heavy atom. The van der Waals surface area contributed by atoms with E-state index in [-0.39, 0.29) is 11.7 Å². The SMILES string of the molecule is C[C@@H](Oc1ccc(Cl)cc1Cl)C(=O)Nc1c(C(=O)N2CCOCC2)oc2ccccc12. The Morgan fingerprint density at radius 1 is 1.13 bits per heavy atom. The minimum absolute atomic E-state index is 0.0770. The predicted octanol–water partition coefficient (Wildman–Crippen LogP) is 4.62. The molecule has 7 nitrogen and oxygen atoms in total. The maximum absolute atomic E-state index is 13.1. The smallest absolute Gasteiger partial charge is 0.291 e. The van der Waals surface area contributed by atoms with Crippen LogP contribution < -0.4 is 10.1 Å². The number of morpholine rings is 1. The van der Waals surface area contributed by atoms with Crippen LogP contribution >= 0.6 is 23.2 Å². The number of nitrogens with one attached hydrogen (secondary N) is 1. The molecule has 0 unspecified atom stereocenters. The van der Waals surface area contributed by atoms with E-state index in [1.807, 2.05) is 6.07 Å². The van der Waals surface area contributed by atoms with E-state index in [0.717, 1.165) is 0 Å². The summed E-state index contributed by atoms with van der Waals surface area (Å²) in [6.45, 7) is 3.42. The van der Waals surface area contributed by atoms with Crippen LogP contribution in [0.3, 0.4) is 0 Å². The number of carbonyl (C=O) groups is 2. The molecule has 1 aliphatic heterocycles. The number of furan rings is 1. The minimum Gasteiger partial charge on any atom is -0.479 e. The van der Waals surface area contributed by atoms with Gasteiger partial charge in [0.25, 0.3) is 11.8 Å². The summed E-state index contributed by atoms with van der Waals surface area (Å²) in [7, 11) is 0. The van der Waals surface area contributed by atoms with Gasteiger partial charge in [-0.25, -0.2) is 0 Å². The van der Waals surface area contributed by atoms with Gasteiger partial charge in [-0.05, 0) is 37.3 Å². The molecule has 4 rings (SSSR count). The third-order valence-corrected chi connectivity index (χ3v) is 5.43. The van der Waals surface area contributed by atoms with E-state index in [0.29, 0.717) is 58.8 Å². The Bertz CT molecular complexity index is 1120. The molecule has 2 aromatic carbocycles. The monoisotopic (exact) mass is 462 g/mol. The molecule has 0 aliphatic carbocycles. The fourth-order valence-electron chi connectivity index (χ4n) is 3.27. The molecule has 2 amide bonds. The minimum atomic E-state index is -0.890.